The SMILES string of the molecule is O=C(N[C@@H]1CCN(CC2CCCC2)C1)N[C@@H]1C[C@@H]2OCCC[C@H]21. The lowest BCUT2D eigenvalue weighted by molar-refractivity contribution is -0.1000. The standard InChI is InChI=1S/C18H31N3O2/c22-18(20-16-10-17-15(16)6-3-9-23-17)19-14-7-8-21(12-14)11-13-4-1-2-5-13/h13-17H,1-12H2,(H2,19,20,22)/t14-,15+,16-,17+/m1/s1. The minimum Gasteiger partial charge on any atom is -0.378 e. The zero-order valence-corrected chi connectivity index (χ0v) is 14.1. The first kappa shape index (κ1) is 15.7. The van der Waals surface area contributed by atoms with Gasteiger partial charge in [-0.25, -0.2) is 4.79 Å². The van der Waals surface area contributed by atoms with Gasteiger partial charge in [-0.15, -0.1) is 0 Å². The van der Waals surface area contributed by atoms with Gasteiger partial charge in [0.1, 0.15) is 0 Å². The lowest BCUT2D eigenvalue weighted by Gasteiger charge is -2.47. The van der Waals surface area contributed by atoms with Gasteiger partial charge >= 0.3 is 6.03 Å². The molecule has 5 nitrogen and oxygen atoms in total. The zero-order chi connectivity index (χ0) is 15.6. The molecule has 0 aromatic heterocycles. The molecular weight excluding hydrogens is 290 g/mol. The first-order chi connectivity index (χ1) is 11.3. The molecule has 130 valence electrons. The van der Waals surface area contributed by atoms with Gasteiger partial charge in [-0.2, -0.15) is 0 Å². The van der Waals surface area contributed by atoms with Gasteiger partial charge in [-0.1, -0.05) is 12.8 Å². The van der Waals surface area contributed by atoms with E-state index in [9.17, 15) is 4.79 Å². The molecule has 5 heteroatoms. The molecule has 2 aliphatic heterocycles. The summed E-state index contributed by atoms with van der Waals surface area (Å²) in [5, 5.41) is 6.38. The first-order valence-corrected chi connectivity index (χ1v) is 9.69. The number of likely N-dealkylation sites (tertiary alicyclic amines) is 1. The highest BCUT2D eigenvalue weighted by Crippen LogP contribution is 2.37. The Morgan fingerprint density at radius 3 is 2.78 bits per heavy atom. The number of carbonyl (C=O) groups excluding carboxylic acids is 1. The second-order valence-electron chi connectivity index (χ2n) is 8.07. The van der Waals surface area contributed by atoms with Gasteiger partial charge in [-0.3, -0.25) is 0 Å². The molecule has 4 atom stereocenters. The fourth-order valence-electron chi connectivity index (χ4n) is 5.03. The largest absolute Gasteiger partial charge is 0.378 e. The van der Waals surface area contributed by atoms with Gasteiger partial charge in [0.05, 0.1) is 6.10 Å². The number of amides is 2. The van der Waals surface area contributed by atoms with Crippen LogP contribution in [-0.2, 0) is 4.74 Å². The van der Waals surface area contributed by atoms with Crippen molar-refractivity contribution in [2.45, 2.75) is 69.6 Å². The number of ether oxygens (including phenoxy) is 1. The maximum Gasteiger partial charge on any atom is 0.315 e. The molecule has 2 aliphatic carbocycles. The van der Waals surface area contributed by atoms with Gasteiger partial charge in [0.25, 0.3) is 0 Å². The molecule has 0 unspecified atom stereocenters. The second kappa shape index (κ2) is 6.98. The third-order valence-corrected chi connectivity index (χ3v) is 6.41. The van der Waals surface area contributed by atoms with E-state index in [1.165, 1.54) is 38.6 Å². The third-order valence-electron chi connectivity index (χ3n) is 6.41. The van der Waals surface area contributed by atoms with Crippen LogP contribution >= 0.6 is 0 Å². The summed E-state index contributed by atoms with van der Waals surface area (Å²) in [6.07, 6.45) is 10.5. The molecule has 2 saturated carbocycles. The molecule has 0 aromatic carbocycles. The Morgan fingerprint density at radius 1 is 1.09 bits per heavy atom. The van der Waals surface area contributed by atoms with E-state index < -0.39 is 0 Å². The van der Waals surface area contributed by atoms with E-state index in [4.69, 9.17) is 4.74 Å². The Hall–Kier alpha value is -0.810. The molecule has 0 bridgehead atoms. The lowest BCUT2D eigenvalue weighted by Crippen LogP contribution is -2.60. The summed E-state index contributed by atoms with van der Waals surface area (Å²) in [5.41, 5.74) is 0. The Morgan fingerprint density at radius 2 is 1.96 bits per heavy atom. The highest BCUT2D eigenvalue weighted by atomic mass is 16.5. The zero-order valence-electron chi connectivity index (χ0n) is 14.1. The van der Waals surface area contributed by atoms with E-state index in [0.29, 0.717) is 24.1 Å². The van der Waals surface area contributed by atoms with Crippen molar-refractivity contribution in [1.82, 2.24) is 15.5 Å². The number of nitrogens with one attached hydrogen (secondary N) is 2. The Bertz CT molecular complexity index is 424. The molecule has 4 fully saturated rings. The van der Waals surface area contributed by atoms with Crippen LogP contribution in [0.4, 0.5) is 4.79 Å². The molecule has 2 saturated heterocycles. The van der Waals surface area contributed by atoms with Crippen molar-refractivity contribution in [2.75, 3.05) is 26.2 Å². The first-order valence-electron chi connectivity index (χ1n) is 9.69. The number of hydrogen-bond acceptors (Lipinski definition) is 3. The van der Waals surface area contributed by atoms with Crippen molar-refractivity contribution in [3.63, 3.8) is 0 Å². The summed E-state index contributed by atoms with van der Waals surface area (Å²) < 4.78 is 5.72. The van der Waals surface area contributed by atoms with Gasteiger partial charge in [0, 0.05) is 44.2 Å². The highest BCUT2D eigenvalue weighted by molar-refractivity contribution is 5.74. The molecule has 4 rings (SSSR count). The van der Waals surface area contributed by atoms with E-state index in [0.717, 1.165) is 44.9 Å². The molecule has 0 radical (unpaired) electrons. The number of urea groups is 1. The van der Waals surface area contributed by atoms with Crippen molar-refractivity contribution in [3.8, 4) is 0 Å². The summed E-state index contributed by atoms with van der Waals surface area (Å²) in [4.78, 5) is 14.8. The van der Waals surface area contributed by atoms with Crippen molar-refractivity contribution in [3.05, 3.63) is 0 Å². The highest BCUT2D eigenvalue weighted by Gasteiger charge is 2.44. The molecule has 2 amide bonds. The van der Waals surface area contributed by atoms with Crippen LogP contribution in [0, 0.1) is 11.8 Å². The summed E-state index contributed by atoms with van der Waals surface area (Å²) in [6.45, 7) is 4.32. The maximum atomic E-state index is 12.2. The van der Waals surface area contributed by atoms with E-state index >= 15 is 0 Å². The molecule has 2 heterocycles. The minimum atomic E-state index is 0.0340. The van der Waals surface area contributed by atoms with Gasteiger partial charge in [0.15, 0.2) is 0 Å². The quantitative estimate of drug-likeness (QED) is 0.834. The van der Waals surface area contributed by atoms with Crippen molar-refractivity contribution < 1.29 is 9.53 Å². The molecule has 4 aliphatic rings. The number of hydrogen-bond donors (Lipinski definition) is 2. The minimum absolute atomic E-state index is 0.0340. The molecular formula is C18H31N3O2. The van der Waals surface area contributed by atoms with Crippen LogP contribution in [0.2, 0.25) is 0 Å². The van der Waals surface area contributed by atoms with E-state index in [2.05, 4.69) is 15.5 Å². The van der Waals surface area contributed by atoms with Crippen LogP contribution in [0.5, 0.6) is 0 Å². The van der Waals surface area contributed by atoms with Crippen LogP contribution in [0.1, 0.15) is 51.4 Å². The van der Waals surface area contributed by atoms with Crippen molar-refractivity contribution in [2.24, 2.45) is 11.8 Å². The van der Waals surface area contributed by atoms with E-state index in [-0.39, 0.29) is 6.03 Å². The van der Waals surface area contributed by atoms with Crippen LogP contribution in [-0.4, -0.2) is 55.4 Å². The molecule has 23 heavy (non-hydrogen) atoms. The van der Waals surface area contributed by atoms with E-state index in [1.807, 2.05) is 0 Å². The molecule has 0 spiro atoms. The average Bonchev–Trinajstić information content (AvgIpc) is 3.18. The van der Waals surface area contributed by atoms with Crippen LogP contribution in [0.15, 0.2) is 0 Å². The fraction of sp³-hybridized carbons (Fsp3) is 0.944. The fourth-order valence-corrected chi connectivity index (χ4v) is 5.03. The number of fused-ring (bicyclic) bond motifs is 1. The summed E-state index contributed by atoms with van der Waals surface area (Å²) in [6, 6.07) is 0.693. The summed E-state index contributed by atoms with van der Waals surface area (Å²) in [5.74, 6) is 1.46. The topological polar surface area (TPSA) is 53.6 Å². The summed E-state index contributed by atoms with van der Waals surface area (Å²) in [7, 11) is 0. The predicted molar refractivity (Wildman–Crippen MR) is 89.3 cm³/mol. The molecule has 2 N–H and O–H groups in total. The van der Waals surface area contributed by atoms with E-state index in [1.54, 1.807) is 0 Å². The smallest absolute Gasteiger partial charge is 0.315 e. The van der Waals surface area contributed by atoms with Gasteiger partial charge in [-0.05, 0) is 44.4 Å². The normalized spacial score (nSPS) is 38.1. The monoisotopic (exact) mass is 321 g/mol. The summed E-state index contributed by atoms with van der Waals surface area (Å²) >= 11 is 0. The van der Waals surface area contributed by atoms with Crippen molar-refractivity contribution >= 4 is 6.03 Å². The van der Waals surface area contributed by atoms with Crippen LogP contribution in [0.3, 0.4) is 0 Å². The van der Waals surface area contributed by atoms with Crippen LogP contribution in [0.25, 0.3) is 0 Å². The van der Waals surface area contributed by atoms with Crippen molar-refractivity contribution in [1.29, 1.82) is 0 Å². The van der Waals surface area contributed by atoms with Gasteiger partial charge in [0.2, 0.25) is 0 Å². The Labute approximate surface area is 139 Å². The lowest BCUT2D eigenvalue weighted by atomic mass is 9.72. The van der Waals surface area contributed by atoms with Crippen LogP contribution < -0.4 is 10.6 Å². The van der Waals surface area contributed by atoms with Gasteiger partial charge < -0.3 is 20.3 Å². The number of rotatable bonds is 4. The molecule has 0 aromatic rings. The number of nitrogens with zero attached hydrogens (tertiary/aromatic N) is 1. The Balaban J connectivity index is 1.16. The predicted octanol–water partition coefficient (Wildman–Crippen LogP) is 2.12. The average molecular weight is 321 g/mol. The third kappa shape index (κ3) is 3.66. The maximum absolute atomic E-state index is 12.2. The number of carbonyl (C=O) groups is 1. The second-order valence-corrected chi connectivity index (χ2v) is 8.07. The Kier molecular flexibility index (Phi) is 4.76.